The number of benzene rings is 1. The number of hydrogen-bond acceptors (Lipinski definition) is 2. The van der Waals surface area contributed by atoms with Gasteiger partial charge in [-0.15, -0.1) is 0 Å². The number of carbonyl (C=O) groups excluding carboxylic acids is 1. The molecule has 0 amide bonds. The predicted octanol–water partition coefficient (Wildman–Crippen LogP) is 3.41. The highest BCUT2D eigenvalue weighted by Crippen LogP contribution is 2.20. The van der Waals surface area contributed by atoms with E-state index in [0.29, 0.717) is 10.6 Å². The maximum Gasteiger partial charge on any atom is 0.196 e. The highest BCUT2D eigenvalue weighted by molar-refractivity contribution is 6.35. The van der Waals surface area contributed by atoms with Gasteiger partial charge in [0.05, 0.1) is 11.2 Å². The quantitative estimate of drug-likeness (QED) is 0.764. The van der Waals surface area contributed by atoms with Crippen molar-refractivity contribution in [2.45, 2.75) is 6.92 Å². The van der Waals surface area contributed by atoms with E-state index in [1.54, 1.807) is 18.2 Å². The molecule has 1 aromatic carbocycles. The minimum Gasteiger partial charge on any atom is -0.288 e. The molecule has 4 heteroatoms. The number of nitrogens with zero attached hydrogens (tertiary/aromatic N) is 1. The number of ketones is 1. The van der Waals surface area contributed by atoms with Crippen LogP contribution in [0.2, 0.25) is 5.02 Å². The number of carbonyl (C=O) groups is 1. The van der Waals surface area contributed by atoms with E-state index in [4.69, 9.17) is 11.6 Å². The van der Waals surface area contributed by atoms with Crippen molar-refractivity contribution in [1.29, 1.82) is 0 Å². The zero-order chi connectivity index (χ0) is 12.4. The second kappa shape index (κ2) is 4.63. The summed E-state index contributed by atoms with van der Waals surface area (Å²) >= 11 is 5.98. The molecule has 0 radical (unpaired) electrons. The van der Waals surface area contributed by atoms with E-state index in [2.05, 4.69) is 4.98 Å². The van der Waals surface area contributed by atoms with Crippen LogP contribution in [0, 0.1) is 12.7 Å². The predicted molar refractivity (Wildman–Crippen MR) is 63.8 cm³/mol. The summed E-state index contributed by atoms with van der Waals surface area (Å²) in [6.07, 6.45) is 2.37. The van der Waals surface area contributed by atoms with Crippen molar-refractivity contribution in [3.63, 3.8) is 0 Å². The lowest BCUT2D eigenvalue weighted by Gasteiger charge is -2.04. The number of pyridine rings is 1. The molecule has 0 spiro atoms. The van der Waals surface area contributed by atoms with Gasteiger partial charge in [-0.05, 0) is 30.7 Å². The average Bonchev–Trinajstić information content (AvgIpc) is 2.28. The molecule has 0 N–H and O–H groups in total. The summed E-state index contributed by atoms with van der Waals surface area (Å²) in [6, 6.07) is 6.25. The molecule has 86 valence electrons. The summed E-state index contributed by atoms with van der Waals surface area (Å²) in [6.45, 7) is 1.88. The van der Waals surface area contributed by atoms with Gasteiger partial charge in [0.2, 0.25) is 0 Å². The third kappa shape index (κ3) is 2.50. The fraction of sp³-hybridized carbons (Fsp3) is 0.0769. The van der Waals surface area contributed by atoms with E-state index in [-0.39, 0.29) is 11.3 Å². The highest BCUT2D eigenvalue weighted by atomic mass is 35.5. The summed E-state index contributed by atoms with van der Waals surface area (Å²) in [4.78, 5) is 15.7. The van der Waals surface area contributed by atoms with Crippen LogP contribution in [0.15, 0.2) is 36.7 Å². The first-order chi connectivity index (χ1) is 8.08. The van der Waals surface area contributed by atoms with E-state index in [0.717, 1.165) is 17.8 Å². The van der Waals surface area contributed by atoms with Gasteiger partial charge in [0.15, 0.2) is 5.78 Å². The number of aryl methyl sites for hydroxylation is 1. The van der Waals surface area contributed by atoms with Crippen LogP contribution in [0.4, 0.5) is 4.39 Å². The lowest BCUT2D eigenvalue weighted by atomic mass is 10.0. The molecule has 0 fully saturated rings. The second-order valence-electron chi connectivity index (χ2n) is 3.70. The van der Waals surface area contributed by atoms with Crippen LogP contribution < -0.4 is 0 Å². The minimum atomic E-state index is -0.543. The fourth-order valence-corrected chi connectivity index (χ4v) is 1.82. The average molecular weight is 250 g/mol. The maximum absolute atomic E-state index is 13.0. The minimum absolute atomic E-state index is 0.191. The first kappa shape index (κ1) is 11.7. The van der Waals surface area contributed by atoms with Crippen molar-refractivity contribution in [2.24, 2.45) is 0 Å². The summed E-state index contributed by atoms with van der Waals surface area (Å²) in [5.41, 5.74) is 1.50. The molecular formula is C13H9ClFNO. The van der Waals surface area contributed by atoms with Crippen molar-refractivity contribution in [2.75, 3.05) is 0 Å². The number of aromatic nitrogens is 1. The zero-order valence-electron chi connectivity index (χ0n) is 9.08. The Morgan fingerprint density at radius 2 is 2.06 bits per heavy atom. The highest BCUT2D eigenvalue weighted by Gasteiger charge is 2.13. The van der Waals surface area contributed by atoms with Gasteiger partial charge in [0.1, 0.15) is 5.82 Å². The van der Waals surface area contributed by atoms with Crippen LogP contribution >= 0.6 is 11.6 Å². The molecule has 2 aromatic rings. The van der Waals surface area contributed by atoms with E-state index in [9.17, 15) is 9.18 Å². The van der Waals surface area contributed by atoms with Crippen molar-refractivity contribution < 1.29 is 9.18 Å². The largest absolute Gasteiger partial charge is 0.288 e. The molecule has 2 rings (SSSR count). The van der Waals surface area contributed by atoms with Gasteiger partial charge in [-0.3, -0.25) is 9.78 Å². The molecule has 1 aromatic heterocycles. The normalized spacial score (nSPS) is 10.3. The van der Waals surface area contributed by atoms with E-state index in [1.807, 2.05) is 6.92 Å². The molecule has 0 aliphatic heterocycles. The van der Waals surface area contributed by atoms with Gasteiger partial charge in [-0.2, -0.15) is 0 Å². The van der Waals surface area contributed by atoms with Crippen LogP contribution in [-0.4, -0.2) is 10.8 Å². The Morgan fingerprint density at radius 3 is 2.71 bits per heavy atom. The number of halogens is 2. The van der Waals surface area contributed by atoms with Crippen molar-refractivity contribution in [3.05, 3.63) is 64.2 Å². The molecule has 0 bridgehead atoms. The molecule has 0 saturated carbocycles. The molecule has 0 unspecified atom stereocenters. The Balaban J connectivity index is 2.44. The molecule has 0 aliphatic carbocycles. The molecule has 1 heterocycles. The Bertz CT molecular complexity index is 583. The summed E-state index contributed by atoms with van der Waals surface area (Å²) in [7, 11) is 0. The van der Waals surface area contributed by atoms with Crippen molar-refractivity contribution >= 4 is 17.4 Å². The third-order valence-electron chi connectivity index (χ3n) is 2.34. The molecular weight excluding hydrogens is 241 g/mol. The van der Waals surface area contributed by atoms with E-state index >= 15 is 0 Å². The summed E-state index contributed by atoms with van der Waals surface area (Å²) in [5.74, 6) is -0.874. The second-order valence-corrected chi connectivity index (χ2v) is 4.11. The van der Waals surface area contributed by atoms with Gasteiger partial charge in [0.25, 0.3) is 0 Å². The monoisotopic (exact) mass is 249 g/mol. The molecule has 0 aliphatic rings. The van der Waals surface area contributed by atoms with Gasteiger partial charge >= 0.3 is 0 Å². The van der Waals surface area contributed by atoms with Crippen LogP contribution in [0.5, 0.6) is 0 Å². The summed E-state index contributed by atoms with van der Waals surface area (Å²) in [5, 5.41) is 0.360. The van der Waals surface area contributed by atoms with Gasteiger partial charge in [-0.25, -0.2) is 4.39 Å². The van der Waals surface area contributed by atoms with Crippen LogP contribution in [0.1, 0.15) is 21.5 Å². The Hall–Kier alpha value is -1.74. The molecule has 2 nitrogen and oxygen atoms in total. The fourth-order valence-electron chi connectivity index (χ4n) is 1.50. The van der Waals surface area contributed by atoms with Crippen LogP contribution in [0.25, 0.3) is 0 Å². The Morgan fingerprint density at radius 1 is 1.29 bits per heavy atom. The van der Waals surface area contributed by atoms with Gasteiger partial charge < -0.3 is 0 Å². The molecule has 0 saturated heterocycles. The smallest absolute Gasteiger partial charge is 0.196 e. The van der Waals surface area contributed by atoms with Crippen molar-refractivity contribution in [1.82, 2.24) is 4.98 Å². The number of rotatable bonds is 2. The maximum atomic E-state index is 13.0. The molecule has 17 heavy (non-hydrogen) atoms. The SMILES string of the molecule is Cc1ccc(C(=O)c2cncc(F)c2)c(Cl)c1. The summed E-state index contributed by atoms with van der Waals surface area (Å²) < 4.78 is 13.0. The lowest BCUT2D eigenvalue weighted by Crippen LogP contribution is -2.03. The standard InChI is InChI=1S/C13H9ClFNO/c1-8-2-3-11(12(14)4-8)13(17)9-5-10(15)7-16-6-9/h2-7H,1H3. The van der Waals surface area contributed by atoms with Gasteiger partial charge in [0, 0.05) is 17.3 Å². The van der Waals surface area contributed by atoms with Crippen molar-refractivity contribution in [3.8, 4) is 0 Å². The first-order valence-corrected chi connectivity index (χ1v) is 5.37. The Kier molecular flexibility index (Phi) is 3.20. The third-order valence-corrected chi connectivity index (χ3v) is 2.65. The topological polar surface area (TPSA) is 30.0 Å². The zero-order valence-corrected chi connectivity index (χ0v) is 9.83. The molecule has 0 atom stereocenters. The van der Waals surface area contributed by atoms with E-state index in [1.165, 1.54) is 6.20 Å². The first-order valence-electron chi connectivity index (χ1n) is 4.99. The van der Waals surface area contributed by atoms with Gasteiger partial charge in [-0.1, -0.05) is 17.7 Å². The Labute approximate surface area is 103 Å². The van der Waals surface area contributed by atoms with Crippen LogP contribution in [-0.2, 0) is 0 Å². The van der Waals surface area contributed by atoms with Crippen LogP contribution in [0.3, 0.4) is 0 Å². The number of hydrogen-bond donors (Lipinski definition) is 0. The van der Waals surface area contributed by atoms with E-state index < -0.39 is 5.82 Å². The lowest BCUT2D eigenvalue weighted by molar-refractivity contribution is 0.103.